The Morgan fingerprint density at radius 3 is 2.50 bits per heavy atom. The summed E-state index contributed by atoms with van der Waals surface area (Å²) in [6.07, 6.45) is 8.14. The second-order valence-electron chi connectivity index (χ2n) is 3.59. The quantitative estimate of drug-likeness (QED) is 0.570. The van der Waals surface area contributed by atoms with Crippen molar-refractivity contribution in [3.8, 4) is 0 Å². The van der Waals surface area contributed by atoms with Crippen LogP contribution in [0.2, 0.25) is 0 Å². The van der Waals surface area contributed by atoms with E-state index in [1.165, 1.54) is 32.1 Å². The number of halogens is 1. The highest BCUT2D eigenvalue weighted by Gasteiger charge is 2.19. The van der Waals surface area contributed by atoms with E-state index in [0.717, 1.165) is 17.3 Å². The Hall–Kier alpha value is 0.400. The van der Waals surface area contributed by atoms with Gasteiger partial charge in [0, 0.05) is 12.3 Å². The van der Waals surface area contributed by atoms with Gasteiger partial charge >= 0.3 is 0 Å². The van der Waals surface area contributed by atoms with Crippen LogP contribution in [0.3, 0.4) is 0 Å². The number of ketones is 1. The third-order valence-corrected chi connectivity index (χ3v) is 3.38. The van der Waals surface area contributed by atoms with E-state index in [-0.39, 0.29) is 0 Å². The zero-order valence-corrected chi connectivity index (χ0v) is 9.68. The normalized spacial score (nSPS) is 19.4. The van der Waals surface area contributed by atoms with Crippen molar-refractivity contribution in [1.82, 2.24) is 0 Å². The summed E-state index contributed by atoms with van der Waals surface area (Å²) >= 11 is 2.34. The number of Topliss-reactive ketones (excluding diaryl/α,β-unsaturated/α-hetero) is 1. The molecule has 0 spiro atoms. The van der Waals surface area contributed by atoms with E-state index >= 15 is 0 Å². The third kappa shape index (κ3) is 3.42. The van der Waals surface area contributed by atoms with Crippen LogP contribution in [0.1, 0.15) is 44.9 Å². The second kappa shape index (κ2) is 5.95. The Labute approximate surface area is 88.4 Å². The number of hydrogen-bond donors (Lipinski definition) is 0. The first kappa shape index (κ1) is 10.5. The molecule has 1 fully saturated rings. The summed E-state index contributed by atoms with van der Waals surface area (Å²) in [5.41, 5.74) is 0. The van der Waals surface area contributed by atoms with Crippen molar-refractivity contribution in [3.05, 3.63) is 0 Å². The zero-order chi connectivity index (χ0) is 8.81. The van der Waals surface area contributed by atoms with Crippen LogP contribution in [0.4, 0.5) is 0 Å². The molecule has 0 saturated heterocycles. The lowest BCUT2D eigenvalue weighted by atomic mass is 9.85. The SMILES string of the molecule is O=C(CCCI)C1CCCCC1. The molecule has 1 saturated carbocycles. The van der Waals surface area contributed by atoms with Gasteiger partial charge in [0.2, 0.25) is 0 Å². The van der Waals surface area contributed by atoms with Crippen LogP contribution in [0, 0.1) is 5.92 Å². The molecule has 0 atom stereocenters. The van der Waals surface area contributed by atoms with Gasteiger partial charge in [-0.1, -0.05) is 41.9 Å². The maximum absolute atomic E-state index is 11.6. The first-order valence-corrected chi connectivity index (χ1v) is 6.46. The molecule has 0 radical (unpaired) electrons. The molecule has 1 aliphatic carbocycles. The van der Waals surface area contributed by atoms with Crippen molar-refractivity contribution >= 4 is 28.4 Å². The minimum Gasteiger partial charge on any atom is -0.299 e. The minimum absolute atomic E-state index is 0.432. The molecule has 0 aromatic rings. The summed E-state index contributed by atoms with van der Waals surface area (Å²) in [4.78, 5) is 11.6. The van der Waals surface area contributed by atoms with Crippen LogP contribution >= 0.6 is 22.6 Å². The Bertz CT molecular complexity index is 139. The van der Waals surface area contributed by atoms with E-state index < -0.39 is 0 Å². The molecule has 1 rings (SSSR count). The van der Waals surface area contributed by atoms with E-state index in [0.29, 0.717) is 11.7 Å². The summed E-state index contributed by atoms with van der Waals surface area (Å²) in [5.74, 6) is 0.966. The fraction of sp³-hybridized carbons (Fsp3) is 0.900. The molecule has 0 aliphatic heterocycles. The molecule has 0 amide bonds. The minimum atomic E-state index is 0.432. The average molecular weight is 280 g/mol. The molecule has 0 heterocycles. The molecule has 1 aliphatic rings. The van der Waals surface area contributed by atoms with Crippen LogP contribution in [0.25, 0.3) is 0 Å². The second-order valence-corrected chi connectivity index (χ2v) is 4.67. The first-order valence-electron chi connectivity index (χ1n) is 4.93. The summed E-state index contributed by atoms with van der Waals surface area (Å²) in [6, 6.07) is 0. The Balaban J connectivity index is 2.20. The molecule has 0 N–H and O–H groups in total. The van der Waals surface area contributed by atoms with Gasteiger partial charge in [-0.05, 0) is 23.7 Å². The van der Waals surface area contributed by atoms with Crippen LogP contribution in [-0.4, -0.2) is 10.2 Å². The van der Waals surface area contributed by atoms with Crippen molar-refractivity contribution in [1.29, 1.82) is 0 Å². The fourth-order valence-corrected chi connectivity index (χ4v) is 2.25. The topological polar surface area (TPSA) is 17.1 Å². The highest BCUT2D eigenvalue weighted by molar-refractivity contribution is 14.1. The van der Waals surface area contributed by atoms with Gasteiger partial charge in [0.05, 0.1) is 0 Å². The Kier molecular flexibility index (Phi) is 5.19. The van der Waals surface area contributed by atoms with Crippen LogP contribution in [0.5, 0.6) is 0 Å². The summed E-state index contributed by atoms with van der Waals surface area (Å²) in [5, 5.41) is 0. The summed E-state index contributed by atoms with van der Waals surface area (Å²) in [6.45, 7) is 0. The highest BCUT2D eigenvalue weighted by Crippen LogP contribution is 2.25. The summed E-state index contributed by atoms with van der Waals surface area (Å²) < 4.78 is 1.12. The van der Waals surface area contributed by atoms with Crippen LogP contribution in [0.15, 0.2) is 0 Å². The predicted molar refractivity (Wildman–Crippen MR) is 59.7 cm³/mol. The smallest absolute Gasteiger partial charge is 0.136 e. The molecule has 0 aromatic heterocycles. The fourth-order valence-electron chi connectivity index (χ4n) is 1.87. The van der Waals surface area contributed by atoms with Gasteiger partial charge in [0.25, 0.3) is 0 Å². The number of hydrogen-bond acceptors (Lipinski definition) is 1. The van der Waals surface area contributed by atoms with E-state index in [2.05, 4.69) is 22.6 Å². The molecular formula is C10H17IO. The molecule has 12 heavy (non-hydrogen) atoms. The molecule has 2 heteroatoms. The average Bonchev–Trinajstić information content (AvgIpc) is 2.15. The van der Waals surface area contributed by atoms with Gasteiger partial charge in [-0.2, -0.15) is 0 Å². The molecule has 1 nitrogen and oxygen atoms in total. The number of carbonyl (C=O) groups excluding carboxylic acids is 1. The van der Waals surface area contributed by atoms with Gasteiger partial charge in [0.15, 0.2) is 0 Å². The van der Waals surface area contributed by atoms with E-state index in [1.807, 2.05) is 0 Å². The maximum atomic E-state index is 11.6. The standard InChI is InChI=1S/C10H17IO/c11-8-4-7-10(12)9-5-2-1-3-6-9/h9H,1-8H2. The van der Waals surface area contributed by atoms with Crippen molar-refractivity contribution in [3.63, 3.8) is 0 Å². The molecule has 0 aromatic carbocycles. The lowest BCUT2D eigenvalue weighted by Crippen LogP contribution is -2.17. The number of carbonyl (C=O) groups is 1. The first-order chi connectivity index (χ1) is 5.84. The summed E-state index contributed by atoms with van der Waals surface area (Å²) in [7, 11) is 0. The lowest BCUT2D eigenvalue weighted by molar-refractivity contribution is -0.123. The van der Waals surface area contributed by atoms with E-state index in [9.17, 15) is 4.79 Å². The van der Waals surface area contributed by atoms with Crippen molar-refractivity contribution in [2.75, 3.05) is 4.43 Å². The van der Waals surface area contributed by atoms with Crippen molar-refractivity contribution in [2.45, 2.75) is 44.9 Å². The van der Waals surface area contributed by atoms with Gasteiger partial charge < -0.3 is 0 Å². The predicted octanol–water partition coefficient (Wildman–Crippen LogP) is 3.35. The largest absolute Gasteiger partial charge is 0.299 e. The highest BCUT2D eigenvalue weighted by atomic mass is 127. The third-order valence-electron chi connectivity index (χ3n) is 2.62. The lowest BCUT2D eigenvalue weighted by Gasteiger charge is -2.19. The van der Waals surface area contributed by atoms with Gasteiger partial charge in [-0.15, -0.1) is 0 Å². The molecule has 0 bridgehead atoms. The van der Waals surface area contributed by atoms with Crippen molar-refractivity contribution < 1.29 is 4.79 Å². The van der Waals surface area contributed by atoms with Crippen LogP contribution < -0.4 is 0 Å². The Morgan fingerprint density at radius 1 is 1.25 bits per heavy atom. The molecule has 70 valence electrons. The number of rotatable bonds is 4. The maximum Gasteiger partial charge on any atom is 0.136 e. The van der Waals surface area contributed by atoms with Gasteiger partial charge in [-0.25, -0.2) is 0 Å². The van der Waals surface area contributed by atoms with E-state index in [1.54, 1.807) is 0 Å². The van der Waals surface area contributed by atoms with Gasteiger partial charge in [-0.3, -0.25) is 4.79 Å². The van der Waals surface area contributed by atoms with E-state index in [4.69, 9.17) is 0 Å². The van der Waals surface area contributed by atoms with Crippen molar-refractivity contribution in [2.24, 2.45) is 5.92 Å². The zero-order valence-electron chi connectivity index (χ0n) is 7.52. The van der Waals surface area contributed by atoms with Crippen LogP contribution in [-0.2, 0) is 4.79 Å². The molecular weight excluding hydrogens is 263 g/mol. The molecule has 0 unspecified atom stereocenters. The monoisotopic (exact) mass is 280 g/mol. The van der Waals surface area contributed by atoms with Gasteiger partial charge in [0.1, 0.15) is 5.78 Å². The number of alkyl halides is 1. The Morgan fingerprint density at radius 2 is 1.92 bits per heavy atom.